The van der Waals surface area contributed by atoms with Gasteiger partial charge in [-0.25, -0.2) is 17.2 Å². The number of fused-ring (bicyclic) bond motifs is 1. The maximum atomic E-state index is 13.8. The normalized spacial score (nSPS) is 16.0. The molecule has 44 heavy (non-hydrogen) atoms. The first kappa shape index (κ1) is 29.6. The lowest BCUT2D eigenvalue weighted by atomic mass is 10.1. The third-order valence-corrected chi connectivity index (χ3v) is 9.36. The first-order valence-electron chi connectivity index (χ1n) is 13.9. The number of aromatic amines is 2. The summed E-state index contributed by atoms with van der Waals surface area (Å²) in [6, 6.07) is 10.6. The Kier molecular flexibility index (Phi) is 8.27. The minimum atomic E-state index is -4.25. The fourth-order valence-electron chi connectivity index (χ4n) is 5.25. The second-order valence-electron chi connectivity index (χ2n) is 10.5. The average molecular weight is 626 g/mol. The van der Waals surface area contributed by atoms with Crippen LogP contribution in [-0.2, 0) is 34.3 Å². The van der Waals surface area contributed by atoms with Crippen LogP contribution < -0.4 is 10.6 Å². The van der Waals surface area contributed by atoms with E-state index in [-0.39, 0.29) is 36.6 Å². The molecule has 0 aliphatic carbocycles. The molecule has 4 aromatic rings. The Labute approximate surface area is 251 Å². The number of carbonyl (C=O) groups is 2. The molecule has 2 aliphatic heterocycles. The van der Waals surface area contributed by atoms with Crippen LogP contribution in [0.4, 0.5) is 20.3 Å². The molecule has 2 aromatic heterocycles. The maximum Gasteiger partial charge on any atom is 0.272 e. The number of H-pyrrole nitrogens is 2. The summed E-state index contributed by atoms with van der Waals surface area (Å²) < 4.78 is 60.5. The number of halogens is 2. The van der Waals surface area contributed by atoms with E-state index in [1.807, 2.05) is 0 Å². The third-order valence-electron chi connectivity index (χ3n) is 7.53. The van der Waals surface area contributed by atoms with Gasteiger partial charge in [-0.15, -0.1) is 0 Å². The van der Waals surface area contributed by atoms with Crippen LogP contribution in [0.15, 0.2) is 59.6 Å². The number of amides is 2. The second kappa shape index (κ2) is 12.3. The minimum absolute atomic E-state index is 0.0442. The number of hydrogen-bond donors (Lipinski definition) is 4. The molecule has 6 rings (SSSR count). The van der Waals surface area contributed by atoms with Gasteiger partial charge in [0.25, 0.3) is 11.8 Å². The van der Waals surface area contributed by atoms with Gasteiger partial charge in [0.1, 0.15) is 17.3 Å². The number of anilines is 2. The summed E-state index contributed by atoms with van der Waals surface area (Å²) in [7, 11) is -4.25. The smallest absolute Gasteiger partial charge is 0.272 e. The van der Waals surface area contributed by atoms with Crippen LogP contribution in [0.25, 0.3) is 0 Å². The van der Waals surface area contributed by atoms with E-state index in [0.29, 0.717) is 42.8 Å². The number of rotatable bonds is 8. The van der Waals surface area contributed by atoms with E-state index >= 15 is 0 Å². The van der Waals surface area contributed by atoms with Crippen molar-refractivity contribution in [1.82, 2.24) is 24.4 Å². The zero-order valence-electron chi connectivity index (χ0n) is 23.4. The summed E-state index contributed by atoms with van der Waals surface area (Å²) in [6.45, 7) is 3.24. The molecule has 0 saturated carbocycles. The summed E-state index contributed by atoms with van der Waals surface area (Å²) in [6.07, 6.45) is 1.86. The van der Waals surface area contributed by atoms with Crippen molar-refractivity contribution < 1.29 is 31.5 Å². The largest absolute Gasteiger partial charge is 0.379 e. The van der Waals surface area contributed by atoms with E-state index in [4.69, 9.17) is 4.74 Å². The molecule has 230 valence electrons. The van der Waals surface area contributed by atoms with Gasteiger partial charge in [0.15, 0.2) is 5.82 Å². The highest BCUT2D eigenvalue weighted by atomic mass is 32.2. The molecule has 0 radical (unpaired) electrons. The Bertz CT molecular complexity index is 1780. The van der Waals surface area contributed by atoms with Gasteiger partial charge < -0.3 is 20.4 Å². The zero-order valence-corrected chi connectivity index (χ0v) is 24.2. The predicted octanol–water partition coefficient (Wildman–Crippen LogP) is 3.10. The second-order valence-corrected chi connectivity index (χ2v) is 12.4. The van der Waals surface area contributed by atoms with Gasteiger partial charge in [-0.3, -0.25) is 19.6 Å². The van der Waals surface area contributed by atoms with Crippen molar-refractivity contribution in [2.24, 2.45) is 0 Å². The van der Waals surface area contributed by atoms with Crippen LogP contribution in [0.2, 0.25) is 0 Å². The van der Waals surface area contributed by atoms with E-state index in [0.717, 1.165) is 35.1 Å². The number of morpholine rings is 1. The Morgan fingerprint density at radius 1 is 0.977 bits per heavy atom. The summed E-state index contributed by atoms with van der Waals surface area (Å²) in [5.41, 5.74) is 2.70. The number of hydrogen-bond acceptors (Lipinski definition) is 7. The Balaban J connectivity index is 1.24. The van der Waals surface area contributed by atoms with Gasteiger partial charge in [-0.1, -0.05) is 6.07 Å². The van der Waals surface area contributed by atoms with Gasteiger partial charge >= 0.3 is 0 Å². The molecule has 0 spiro atoms. The van der Waals surface area contributed by atoms with Crippen LogP contribution in [-0.4, -0.2) is 77.5 Å². The van der Waals surface area contributed by atoms with Crippen LogP contribution in [0.3, 0.4) is 0 Å². The highest BCUT2D eigenvalue weighted by Gasteiger charge is 2.32. The van der Waals surface area contributed by atoms with Crippen molar-refractivity contribution in [3.8, 4) is 0 Å². The van der Waals surface area contributed by atoms with E-state index in [1.165, 1.54) is 0 Å². The molecule has 15 heteroatoms. The molecule has 1 fully saturated rings. The van der Waals surface area contributed by atoms with Crippen LogP contribution >= 0.6 is 0 Å². The fourth-order valence-corrected chi connectivity index (χ4v) is 6.70. The monoisotopic (exact) mass is 625 g/mol. The Morgan fingerprint density at radius 3 is 2.48 bits per heavy atom. The quantitative estimate of drug-likeness (QED) is 0.235. The standard InChI is InChI=1S/C29H29F2N7O5S/c30-19-13-20(31)15-21(14-19)44(41,42)38-7-5-24-23(17-38)27(36-35-24)34-28(39)22-4-3-18(16-37-8-10-43-11-9-37)12-26(22)33-29(40)25-2-1-6-32-25/h1-4,6,12-15,32H,5,7-11,16-17H2,(H,33,40)(H2,34,35,36,39). The summed E-state index contributed by atoms with van der Waals surface area (Å²) in [5, 5.41) is 12.6. The van der Waals surface area contributed by atoms with Gasteiger partial charge in [-0.05, 0) is 42.0 Å². The minimum Gasteiger partial charge on any atom is -0.379 e. The molecule has 2 amide bonds. The van der Waals surface area contributed by atoms with E-state index in [2.05, 4.69) is 30.7 Å². The molecule has 2 aliphatic rings. The van der Waals surface area contributed by atoms with Crippen LogP contribution in [0, 0.1) is 11.6 Å². The summed E-state index contributed by atoms with van der Waals surface area (Å²) >= 11 is 0. The van der Waals surface area contributed by atoms with Crippen molar-refractivity contribution in [1.29, 1.82) is 0 Å². The number of nitrogens with zero attached hydrogens (tertiary/aromatic N) is 3. The first-order chi connectivity index (χ1) is 21.2. The molecule has 1 saturated heterocycles. The lowest BCUT2D eigenvalue weighted by Crippen LogP contribution is -2.36. The molecule has 2 aromatic carbocycles. The summed E-state index contributed by atoms with van der Waals surface area (Å²) in [4.78, 5) is 31.1. The zero-order chi connectivity index (χ0) is 30.8. The van der Waals surface area contributed by atoms with Crippen molar-refractivity contribution in [2.75, 3.05) is 43.5 Å². The molecule has 4 heterocycles. The molecular formula is C29H29F2N7O5S. The number of benzene rings is 2. The highest BCUT2D eigenvalue weighted by molar-refractivity contribution is 7.89. The van der Waals surface area contributed by atoms with Crippen molar-refractivity contribution in [3.63, 3.8) is 0 Å². The Morgan fingerprint density at radius 2 is 1.75 bits per heavy atom. The number of aromatic nitrogens is 3. The van der Waals surface area contributed by atoms with Gasteiger partial charge in [0, 0.05) is 62.7 Å². The topological polar surface area (TPSA) is 153 Å². The maximum absolute atomic E-state index is 13.8. The lowest BCUT2D eigenvalue weighted by Gasteiger charge is -2.27. The van der Waals surface area contributed by atoms with Gasteiger partial charge in [0.2, 0.25) is 10.0 Å². The number of carbonyl (C=O) groups excluding carboxylic acids is 2. The molecule has 12 nitrogen and oxygen atoms in total. The third kappa shape index (κ3) is 6.26. The molecule has 4 N–H and O–H groups in total. The first-order valence-corrected chi connectivity index (χ1v) is 15.3. The van der Waals surface area contributed by atoms with Crippen molar-refractivity contribution in [3.05, 3.63) is 94.4 Å². The Hall–Kier alpha value is -4.44. The van der Waals surface area contributed by atoms with Crippen LogP contribution in [0.1, 0.15) is 37.7 Å². The van der Waals surface area contributed by atoms with Crippen LogP contribution in [0.5, 0.6) is 0 Å². The molecule has 0 bridgehead atoms. The van der Waals surface area contributed by atoms with Crippen molar-refractivity contribution >= 4 is 33.3 Å². The lowest BCUT2D eigenvalue weighted by molar-refractivity contribution is 0.0342. The van der Waals surface area contributed by atoms with E-state index in [1.54, 1.807) is 36.5 Å². The number of ether oxygens (including phenoxy) is 1. The SMILES string of the molecule is O=C(Nc1cc(CN2CCOCC2)ccc1C(=O)Nc1n[nH]c2c1CN(S(=O)(=O)c1cc(F)cc(F)c1)CC2)c1ccc[nH]1. The predicted molar refractivity (Wildman–Crippen MR) is 155 cm³/mol. The van der Waals surface area contributed by atoms with Gasteiger partial charge in [0.05, 0.1) is 29.4 Å². The van der Waals surface area contributed by atoms with E-state index in [9.17, 15) is 26.8 Å². The number of sulfonamides is 1. The molecule has 0 unspecified atom stereocenters. The van der Waals surface area contributed by atoms with Gasteiger partial charge in [-0.2, -0.15) is 9.40 Å². The number of nitrogens with one attached hydrogen (secondary N) is 4. The fraction of sp³-hybridized carbons (Fsp3) is 0.276. The van der Waals surface area contributed by atoms with E-state index < -0.39 is 38.4 Å². The average Bonchev–Trinajstić information content (AvgIpc) is 3.68. The van der Waals surface area contributed by atoms with Crippen molar-refractivity contribution in [2.45, 2.75) is 24.4 Å². The highest BCUT2D eigenvalue weighted by Crippen LogP contribution is 2.30. The summed E-state index contributed by atoms with van der Waals surface area (Å²) in [5.74, 6) is -2.92. The molecular weight excluding hydrogens is 596 g/mol. The molecule has 0 atom stereocenters.